The van der Waals surface area contributed by atoms with Gasteiger partial charge in [-0.2, -0.15) is 0 Å². The van der Waals surface area contributed by atoms with Crippen LogP contribution in [0.25, 0.3) is 0 Å². The van der Waals surface area contributed by atoms with Crippen molar-refractivity contribution in [1.82, 2.24) is 4.31 Å². The molecule has 31 heavy (non-hydrogen) atoms. The number of ether oxygens (including phenoxy) is 1. The second-order valence-corrected chi connectivity index (χ2v) is 10.1. The summed E-state index contributed by atoms with van der Waals surface area (Å²) in [5.41, 5.74) is 2.14. The lowest BCUT2D eigenvalue weighted by molar-refractivity contribution is 0.0608. The van der Waals surface area contributed by atoms with Crippen molar-refractivity contribution in [3.8, 4) is 5.75 Å². The number of nitrogens with zero attached hydrogens (tertiary/aromatic N) is 1. The van der Waals surface area contributed by atoms with Crippen molar-refractivity contribution in [2.24, 2.45) is 5.92 Å². The third-order valence-electron chi connectivity index (χ3n) is 5.77. The van der Waals surface area contributed by atoms with E-state index in [4.69, 9.17) is 4.74 Å². The molecule has 0 amide bonds. The summed E-state index contributed by atoms with van der Waals surface area (Å²) in [7, 11) is -0.547. The van der Waals surface area contributed by atoms with Crippen molar-refractivity contribution in [3.63, 3.8) is 0 Å². The lowest BCUT2D eigenvalue weighted by Crippen LogP contribution is -2.40. The van der Waals surface area contributed by atoms with Crippen LogP contribution in [-0.4, -0.2) is 38.4 Å². The van der Waals surface area contributed by atoms with Gasteiger partial charge in [0.1, 0.15) is 11.9 Å². The molecule has 160 valence electrons. The monoisotopic (exact) mass is 435 g/mol. The highest BCUT2D eigenvalue weighted by Crippen LogP contribution is 2.45. The molecule has 0 saturated carbocycles. The molecule has 4 rings (SSSR count). The fourth-order valence-corrected chi connectivity index (χ4v) is 5.25. The van der Waals surface area contributed by atoms with Crippen LogP contribution in [-0.2, 0) is 10.0 Å². The zero-order chi connectivity index (χ0) is 22.0. The standard InChI is InChI=1S/C25H25NO4S/c1-26(2)31(28,29)17-21(18-11-5-3-6-12-18)23-24(27)20-15-9-10-16-22(20)30-25(23)19-13-7-4-8-14-19/h3-16,21,23,25H,17H2,1-2H3. The smallest absolute Gasteiger partial charge is 0.214 e. The van der Waals surface area contributed by atoms with Crippen LogP contribution in [0.5, 0.6) is 5.75 Å². The van der Waals surface area contributed by atoms with E-state index in [9.17, 15) is 13.2 Å². The predicted octanol–water partition coefficient (Wildman–Crippen LogP) is 4.29. The molecule has 3 aromatic carbocycles. The third-order valence-corrected chi connectivity index (χ3v) is 7.66. The molecule has 0 radical (unpaired) electrons. The van der Waals surface area contributed by atoms with Crippen LogP contribution in [0.1, 0.15) is 33.5 Å². The van der Waals surface area contributed by atoms with Crippen molar-refractivity contribution >= 4 is 15.8 Å². The van der Waals surface area contributed by atoms with Gasteiger partial charge in [0.15, 0.2) is 5.78 Å². The molecule has 1 heterocycles. The van der Waals surface area contributed by atoms with Gasteiger partial charge in [-0.05, 0) is 23.3 Å². The topological polar surface area (TPSA) is 63.7 Å². The molecular weight excluding hydrogens is 410 g/mol. The first kappa shape index (κ1) is 21.3. The molecule has 0 fully saturated rings. The van der Waals surface area contributed by atoms with Gasteiger partial charge < -0.3 is 4.74 Å². The number of benzene rings is 3. The minimum absolute atomic E-state index is 0.0986. The van der Waals surface area contributed by atoms with Gasteiger partial charge in [-0.25, -0.2) is 12.7 Å². The molecule has 3 atom stereocenters. The molecular formula is C25H25NO4S. The summed E-state index contributed by atoms with van der Waals surface area (Å²) in [6, 6.07) is 26.1. The summed E-state index contributed by atoms with van der Waals surface area (Å²) < 4.78 is 33.4. The Hall–Kier alpha value is -2.96. The summed E-state index contributed by atoms with van der Waals surface area (Å²) in [5, 5.41) is 0. The van der Waals surface area contributed by atoms with E-state index in [0.29, 0.717) is 11.3 Å². The van der Waals surface area contributed by atoms with Crippen LogP contribution >= 0.6 is 0 Å². The summed E-state index contributed by atoms with van der Waals surface area (Å²) in [6.07, 6.45) is -0.592. The average molecular weight is 436 g/mol. The summed E-state index contributed by atoms with van der Waals surface area (Å²) >= 11 is 0. The second-order valence-electron chi connectivity index (χ2n) is 7.91. The molecule has 1 aliphatic rings. The van der Waals surface area contributed by atoms with Gasteiger partial charge in [0.2, 0.25) is 10.0 Å². The highest BCUT2D eigenvalue weighted by molar-refractivity contribution is 7.89. The van der Waals surface area contributed by atoms with Gasteiger partial charge in [-0.3, -0.25) is 4.79 Å². The minimum Gasteiger partial charge on any atom is -0.484 e. The maximum atomic E-state index is 13.8. The van der Waals surface area contributed by atoms with Crippen LogP contribution in [0.15, 0.2) is 84.9 Å². The SMILES string of the molecule is CN(C)S(=O)(=O)CC(c1ccccc1)C1C(=O)c2ccccc2OC1c1ccccc1. The van der Waals surface area contributed by atoms with Crippen LogP contribution in [0.4, 0.5) is 0 Å². The van der Waals surface area contributed by atoms with E-state index in [2.05, 4.69) is 0 Å². The van der Waals surface area contributed by atoms with Crippen LogP contribution < -0.4 is 4.74 Å². The Bertz CT molecular complexity index is 1160. The molecule has 0 aliphatic carbocycles. The fraction of sp³-hybridized carbons (Fsp3) is 0.240. The third kappa shape index (κ3) is 4.27. The number of para-hydroxylation sites is 1. The number of sulfonamides is 1. The molecule has 0 spiro atoms. The largest absolute Gasteiger partial charge is 0.484 e. The average Bonchev–Trinajstić information content (AvgIpc) is 2.79. The quantitative estimate of drug-likeness (QED) is 0.579. The summed E-state index contributed by atoms with van der Waals surface area (Å²) in [4.78, 5) is 13.8. The van der Waals surface area contributed by atoms with Crippen LogP contribution in [0.2, 0.25) is 0 Å². The molecule has 0 N–H and O–H groups in total. The zero-order valence-corrected chi connectivity index (χ0v) is 18.3. The number of carbonyl (C=O) groups is 1. The highest BCUT2D eigenvalue weighted by atomic mass is 32.2. The van der Waals surface area contributed by atoms with Gasteiger partial charge in [0, 0.05) is 20.0 Å². The summed E-state index contributed by atoms with van der Waals surface area (Å²) in [6.45, 7) is 0. The van der Waals surface area contributed by atoms with Gasteiger partial charge in [0.25, 0.3) is 0 Å². The maximum absolute atomic E-state index is 13.8. The lowest BCUT2D eigenvalue weighted by atomic mass is 9.75. The first-order chi connectivity index (χ1) is 14.9. The molecule has 5 nitrogen and oxygen atoms in total. The number of carbonyl (C=O) groups excluding carboxylic acids is 1. The number of fused-ring (bicyclic) bond motifs is 1. The van der Waals surface area contributed by atoms with Gasteiger partial charge in [0.05, 0.1) is 17.2 Å². The van der Waals surface area contributed by atoms with E-state index in [0.717, 1.165) is 11.1 Å². The van der Waals surface area contributed by atoms with E-state index < -0.39 is 28.0 Å². The Kier molecular flexibility index (Phi) is 5.94. The van der Waals surface area contributed by atoms with E-state index in [1.54, 1.807) is 18.2 Å². The molecule has 6 heteroatoms. The Morgan fingerprint density at radius 1 is 0.871 bits per heavy atom. The maximum Gasteiger partial charge on any atom is 0.214 e. The number of rotatable bonds is 6. The van der Waals surface area contributed by atoms with Gasteiger partial charge >= 0.3 is 0 Å². The van der Waals surface area contributed by atoms with E-state index >= 15 is 0 Å². The molecule has 0 bridgehead atoms. The van der Waals surface area contributed by atoms with E-state index in [1.165, 1.54) is 18.4 Å². The molecule has 3 aromatic rings. The highest BCUT2D eigenvalue weighted by Gasteiger charge is 2.45. The first-order valence-corrected chi connectivity index (χ1v) is 11.8. The minimum atomic E-state index is -3.58. The molecule has 1 aliphatic heterocycles. The van der Waals surface area contributed by atoms with Crippen LogP contribution in [0, 0.1) is 5.92 Å². The van der Waals surface area contributed by atoms with Crippen molar-refractivity contribution in [2.75, 3.05) is 19.8 Å². The predicted molar refractivity (Wildman–Crippen MR) is 121 cm³/mol. The van der Waals surface area contributed by atoms with Crippen LogP contribution in [0.3, 0.4) is 0 Å². The molecule has 0 aromatic heterocycles. The second kappa shape index (κ2) is 8.65. The number of hydrogen-bond acceptors (Lipinski definition) is 4. The van der Waals surface area contributed by atoms with E-state index in [-0.39, 0.29) is 11.5 Å². The fourth-order valence-electron chi connectivity index (χ4n) is 4.10. The van der Waals surface area contributed by atoms with Crippen molar-refractivity contribution in [3.05, 3.63) is 102 Å². The Labute approximate surface area is 183 Å². The Morgan fingerprint density at radius 3 is 2.10 bits per heavy atom. The van der Waals surface area contributed by atoms with Crippen molar-refractivity contribution < 1.29 is 17.9 Å². The van der Waals surface area contributed by atoms with Crippen molar-refractivity contribution in [1.29, 1.82) is 0 Å². The van der Waals surface area contributed by atoms with Crippen molar-refractivity contribution in [2.45, 2.75) is 12.0 Å². The number of Topliss-reactive ketones (excluding diaryl/α,β-unsaturated/α-hetero) is 1. The molecule has 3 unspecified atom stereocenters. The molecule has 0 saturated heterocycles. The zero-order valence-electron chi connectivity index (χ0n) is 17.5. The Balaban J connectivity index is 1.88. The number of ketones is 1. The Morgan fingerprint density at radius 2 is 1.45 bits per heavy atom. The number of hydrogen-bond donors (Lipinski definition) is 0. The van der Waals surface area contributed by atoms with Gasteiger partial charge in [-0.15, -0.1) is 0 Å². The first-order valence-electron chi connectivity index (χ1n) is 10.2. The lowest BCUT2D eigenvalue weighted by Gasteiger charge is -2.37. The normalized spacial score (nSPS) is 19.5. The summed E-state index contributed by atoms with van der Waals surface area (Å²) in [5.74, 6) is -1.01. The van der Waals surface area contributed by atoms with E-state index in [1.807, 2.05) is 66.7 Å². The van der Waals surface area contributed by atoms with Gasteiger partial charge in [-0.1, -0.05) is 72.8 Å².